The van der Waals surface area contributed by atoms with Crippen molar-refractivity contribution in [2.45, 2.75) is 27.2 Å². The minimum atomic E-state index is -0.172. The molecule has 0 aliphatic carbocycles. The van der Waals surface area contributed by atoms with Crippen molar-refractivity contribution >= 4 is 17.5 Å². The Morgan fingerprint density at radius 3 is 2.38 bits per heavy atom. The van der Waals surface area contributed by atoms with E-state index in [0.717, 1.165) is 34.5 Å². The highest BCUT2D eigenvalue weighted by atomic mass is 16.5. The molecule has 0 saturated carbocycles. The summed E-state index contributed by atoms with van der Waals surface area (Å²) in [6.45, 7) is 5.96. The SMILES string of the molecule is COc1ccc(CCNC(=O)CN(C(C)=O)c2cccc(C)c2C)cc1. The van der Waals surface area contributed by atoms with E-state index in [0.29, 0.717) is 6.54 Å². The van der Waals surface area contributed by atoms with E-state index in [1.807, 2.05) is 56.3 Å². The standard InChI is InChI=1S/C21H26N2O3/c1-15-6-5-7-20(16(15)2)23(17(3)24)14-21(25)22-13-12-18-8-10-19(26-4)11-9-18/h5-11H,12-14H2,1-4H3,(H,22,25). The molecule has 0 saturated heterocycles. The van der Waals surface area contributed by atoms with Crippen LogP contribution in [0.15, 0.2) is 42.5 Å². The average Bonchev–Trinajstić information content (AvgIpc) is 2.63. The Morgan fingerprint density at radius 1 is 1.08 bits per heavy atom. The first-order valence-corrected chi connectivity index (χ1v) is 8.66. The lowest BCUT2D eigenvalue weighted by Crippen LogP contribution is -2.40. The molecular formula is C21H26N2O3. The highest BCUT2D eigenvalue weighted by Crippen LogP contribution is 2.22. The second-order valence-corrected chi connectivity index (χ2v) is 6.27. The number of nitrogens with one attached hydrogen (secondary N) is 1. The van der Waals surface area contributed by atoms with E-state index in [1.165, 1.54) is 11.8 Å². The van der Waals surface area contributed by atoms with Crippen molar-refractivity contribution in [3.63, 3.8) is 0 Å². The highest BCUT2D eigenvalue weighted by molar-refractivity contribution is 5.98. The molecule has 0 aliphatic rings. The maximum absolute atomic E-state index is 12.3. The van der Waals surface area contributed by atoms with Gasteiger partial charge in [-0.15, -0.1) is 0 Å². The van der Waals surface area contributed by atoms with Gasteiger partial charge in [0.25, 0.3) is 0 Å². The molecule has 26 heavy (non-hydrogen) atoms. The summed E-state index contributed by atoms with van der Waals surface area (Å²) < 4.78 is 5.13. The molecule has 2 aromatic carbocycles. The number of nitrogens with zero attached hydrogens (tertiary/aromatic N) is 1. The number of methoxy groups -OCH3 is 1. The van der Waals surface area contributed by atoms with Crippen molar-refractivity contribution in [3.05, 3.63) is 59.2 Å². The average molecular weight is 354 g/mol. The molecule has 0 bridgehead atoms. The van der Waals surface area contributed by atoms with Crippen LogP contribution < -0.4 is 15.0 Å². The molecule has 0 aromatic heterocycles. The first-order valence-electron chi connectivity index (χ1n) is 8.66. The van der Waals surface area contributed by atoms with Crippen LogP contribution in [-0.4, -0.2) is 32.0 Å². The Labute approximate surface area is 155 Å². The van der Waals surface area contributed by atoms with E-state index >= 15 is 0 Å². The Morgan fingerprint density at radius 2 is 1.77 bits per heavy atom. The maximum atomic E-state index is 12.3. The molecule has 0 aliphatic heterocycles. The summed E-state index contributed by atoms with van der Waals surface area (Å²) in [5.74, 6) is 0.488. The van der Waals surface area contributed by atoms with Gasteiger partial charge < -0.3 is 15.0 Å². The molecule has 2 rings (SSSR count). The Hall–Kier alpha value is -2.82. The molecule has 2 amide bonds. The number of hydrogen-bond acceptors (Lipinski definition) is 3. The van der Waals surface area contributed by atoms with Crippen molar-refractivity contribution in [1.29, 1.82) is 0 Å². The molecule has 5 heteroatoms. The van der Waals surface area contributed by atoms with Gasteiger partial charge in [-0.3, -0.25) is 9.59 Å². The molecule has 1 N–H and O–H groups in total. The van der Waals surface area contributed by atoms with Crippen LogP contribution in [0.3, 0.4) is 0 Å². The second kappa shape index (κ2) is 9.04. The van der Waals surface area contributed by atoms with E-state index in [9.17, 15) is 9.59 Å². The molecule has 0 radical (unpaired) electrons. The van der Waals surface area contributed by atoms with E-state index < -0.39 is 0 Å². The minimum Gasteiger partial charge on any atom is -0.497 e. The van der Waals surface area contributed by atoms with Crippen LogP contribution >= 0.6 is 0 Å². The summed E-state index contributed by atoms with van der Waals surface area (Å²) >= 11 is 0. The third-order valence-electron chi connectivity index (χ3n) is 4.44. The lowest BCUT2D eigenvalue weighted by molar-refractivity contribution is -0.123. The molecule has 0 atom stereocenters. The van der Waals surface area contributed by atoms with Crippen LogP contribution in [0.1, 0.15) is 23.6 Å². The molecule has 0 spiro atoms. The van der Waals surface area contributed by atoms with E-state index in [-0.39, 0.29) is 18.4 Å². The summed E-state index contributed by atoms with van der Waals surface area (Å²) in [7, 11) is 1.63. The largest absolute Gasteiger partial charge is 0.497 e. The molecule has 2 aromatic rings. The van der Waals surface area contributed by atoms with Crippen LogP contribution in [0.4, 0.5) is 5.69 Å². The highest BCUT2D eigenvalue weighted by Gasteiger charge is 2.17. The smallest absolute Gasteiger partial charge is 0.240 e. The summed E-state index contributed by atoms with van der Waals surface area (Å²) in [5, 5.41) is 2.88. The summed E-state index contributed by atoms with van der Waals surface area (Å²) in [5.41, 5.74) is 3.99. The van der Waals surface area contributed by atoms with Crippen LogP contribution in [0.25, 0.3) is 0 Å². The Balaban J connectivity index is 1.93. The lowest BCUT2D eigenvalue weighted by atomic mass is 10.1. The van der Waals surface area contributed by atoms with Crippen LogP contribution in [0, 0.1) is 13.8 Å². The van der Waals surface area contributed by atoms with Gasteiger partial charge in [0.15, 0.2) is 0 Å². The topological polar surface area (TPSA) is 58.6 Å². The van der Waals surface area contributed by atoms with Gasteiger partial charge in [-0.05, 0) is 55.2 Å². The van der Waals surface area contributed by atoms with Crippen molar-refractivity contribution in [3.8, 4) is 5.75 Å². The number of ether oxygens (including phenoxy) is 1. The zero-order chi connectivity index (χ0) is 19.1. The van der Waals surface area contributed by atoms with Gasteiger partial charge in [0, 0.05) is 19.2 Å². The van der Waals surface area contributed by atoms with Gasteiger partial charge in [0.2, 0.25) is 11.8 Å². The summed E-state index contributed by atoms with van der Waals surface area (Å²) in [6, 6.07) is 13.5. The zero-order valence-electron chi connectivity index (χ0n) is 15.8. The third kappa shape index (κ3) is 5.09. The predicted octanol–water partition coefficient (Wildman–Crippen LogP) is 3.02. The second-order valence-electron chi connectivity index (χ2n) is 6.27. The third-order valence-corrected chi connectivity index (χ3v) is 4.44. The van der Waals surface area contributed by atoms with Crippen molar-refractivity contribution in [1.82, 2.24) is 5.32 Å². The van der Waals surface area contributed by atoms with Gasteiger partial charge in [-0.1, -0.05) is 24.3 Å². The van der Waals surface area contributed by atoms with Crippen LogP contribution in [0.2, 0.25) is 0 Å². The lowest BCUT2D eigenvalue weighted by Gasteiger charge is -2.23. The quantitative estimate of drug-likeness (QED) is 0.831. The summed E-state index contributed by atoms with van der Waals surface area (Å²) in [4.78, 5) is 25.8. The molecule has 0 unspecified atom stereocenters. The van der Waals surface area contributed by atoms with Gasteiger partial charge in [-0.2, -0.15) is 0 Å². The number of aryl methyl sites for hydroxylation is 1. The fraction of sp³-hybridized carbons (Fsp3) is 0.333. The number of anilines is 1. The first kappa shape index (κ1) is 19.5. The van der Waals surface area contributed by atoms with Gasteiger partial charge in [0.1, 0.15) is 12.3 Å². The number of amides is 2. The van der Waals surface area contributed by atoms with Gasteiger partial charge in [-0.25, -0.2) is 0 Å². The van der Waals surface area contributed by atoms with E-state index in [1.54, 1.807) is 7.11 Å². The minimum absolute atomic E-state index is 0.0161. The number of hydrogen-bond donors (Lipinski definition) is 1. The Bertz CT molecular complexity index is 769. The number of benzene rings is 2. The summed E-state index contributed by atoms with van der Waals surface area (Å²) in [6.07, 6.45) is 0.722. The van der Waals surface area contributed by atoms with E-state index in [2.05, 4.69) is 5.32 Å². The number of rotatable bonds is 7. The fourth-order valence-corrected chi connectivity index (χ4v) is 2.73. The zero-order valence-corrected chi connectivity index (χ0v) is 15.8. The first-order chi connectivity index (χ1) is 12.4. The molecular weight excluding hydrogens is 328 g/mol. The number of carbonyl (C=O) groups is 2. The van der Waals surface area contributed by atoms with Crippen LogP contribution in [-0.2, 0) is 16.0 Å². The Kier molecular flexibility index (Phi) is 6.78. The molecule has 138 valence electrons. The molecule has 0 fully saturated rings. The predicted molar refractivity (Wildman–Crippen MR) is 104 cm³/mol. The molecule has 5 nitrogen and oxygen atoms in total. The normalized spacial score (nSPS) is 10.3. The van der Waals surface area contributed by atoms with Crippen LogP contribution in [0.5, 0.6) is 5.75 Å². The van der Waals surface area contributed by atoms with E-state index in [4.69, 9.17) is 4.74 Å². The van der Waals surface area contributed by atoms with Crippen molar-refractivity contribution < 1.29 is 14.3 Å². The van der Waals surface area contributed by atoms with Gasteiger partial charge in [0.05, 0.1) is 7.11 Å². The van der Waals surface area contributed by atoms with Gasteiger partial charge >= 0.3 is 0 Å². The van der Waals surface area contributed by atoms with Crippen molar-refractivity contribution in [2.75, 3.05) is 25.1 Å². The maximum Gasteiger partial charge on any atom is 0.240 e. The number of carbonyl (C=O) groups excluding carboxylic acids is 2. The molecule has 0 heterocycles. The monoisotopic (exact) mass is 354 g/mol. The van der Waals surface area contributed by atoms with Crippen molar-refractivity contribution in [2.24, 2.45) is 0 Å². The fourth-order valence-electron chi connectivity index (χ4n) is 2.73.